The summed E-state index contributed by atoms with van der Waals surface area (Å²) in [5.41, 5.74) is 4.82. The largest absolute Gasteiger partial charge is 0.494 e. The van der Waals surface area contributed by atoms with Crippen LogP contribution in [0.1, 0.15) is 77.7 Å². The molecule has 252 valence electrons. The highest BCUT2D eigenvalue weighted by atomic mass is 35.5. The molecule has 1 aliphatic carbocycles. The maximum Gasteiger partial charge on any atom is 0.265 e. The molecule has 2 N–H and O–H groups in total. The maximum atomic E-state index is 13.5. The predicted molar refractivity (Wildman–Crippen MR) is 185 cm³/mol. The standard InChI is InChI=1S/C35H42ClN3O6S2/c1-23-21-28(22-24(2)34(23)36)45-20-10-19-39-26(4)25(3)33-31(13-9-14-32(33)39)35(40)38-47(43,44)30-17-15-29(16-18-30)46(41,42)37-27-11-7-5-6-8-12-27/h9,13-18,21-22,27,37H,5-8,10-12,19-20H2,1-4H3,(H,38,40). The third kappa shape index (κ3) is 7.85. The van der Waals surface area contributed by atoms with Crippen molar-refractivity contribution in [3.8, 4) is 5.75 Å². The van der Waals surface area contributed by atoms with E-state index in [9.17, 15) is 21.6 Å². The smallest absolute Gasteiger partial charge is 0.265 e. The topological polar surface area (TPSA) is 124 Å². The summed E-state index contributed by atoms with van der Waals surface area (Å²) in [7, 11) is -8.10. The molecule has 0 saturated heterocycles. The van der Waals surface area contributed by atoms with E-state index in [1.165, 1.54) is 24.3 Å². The van der Waals surface area contributed by atoms with Crippen LogP contribution >= 0.6 is 11.6 Å². The number of nitrogens with one attached hydrogen (secondary N) is 2. The summed E-state index contributed by atoms with van der Waals surface area (Å²) in [5.74, 6) is -0.00280. The number of sulfonamides is 2. The summed E-state index contributed by atoms with van der Waals surface area (Å²) >= 11 is 6.28. The van der Waals surface area contributed by atoms with E-state index in [0.29, 0.717) is 25.0 Å². The van der Waals surface area contributed by atoms with Crippen molar-refractivity contribution in [3.05, 3.63) is 87.6 Å². The van der Waals surface area contributed by atoms with E-state index in [0.717, 1.165) is 77.2 Å². The van der Waals surface area contributed by atoms with Crippen LogP contribution in [0, 0.1) is 27.7 Å². The molecule has 0 radical (unpaired) electrons. The fourth-order valence-corrected chi connectivity index (χ4v) is 8.70. The Morgan fingerprint density at radius 1 is 0.872 bits per heavy atom. The third-order valence-electron chi connectivity index (χ3n) is 8.95. The number of aromatic nitrogens is 1. The highest BCUT2D eigenvalue weighted by Gasteiger charge is 2.25. The SMILES string of the molecule is Cc1cc(OCCCn2c(C)c(C)c3c(C(=O)NS(=O)(=O)c4ccc(S(=O)(=O)NC5CCCCCC5)cc4)cccc32)cc(C)c1Cl. The lowest BCUT2D eigenvalue weighted by atomic mass is 10.1. The predicted octanol–water partition coefficient (Wildman–Crippen LogP) is 7.12. The van der Waals surface area contributed by atoms with Crippen LogP contribution in [-0.2, 0) is 26.6 Å². The zero-order valence-electron chi connectivity index (χ0n) is 27.2. The Hall–Kier alpha value is -3.38. The molecule has 4 aromatic rings. The van der Waals surface area contributed by atoms with Crippen molar-refractivity contribution in [1.82, 2.24) is 14.0 Å². The summed E-state index contributed by atoms with van der Waals surface area (Å²) in [4.78, 5) is 13.2. The second kappa shape index (κ2) is 14.4. The van der Waals surface area contributed by atoms with E-state index in [4.69, 9.17) is 16.3 Å². The van der Waals surface area contributed by atoms with Gasteiger partial charge in [0.25, 0.3) is 15.9 Å². The fourth-order valence-electron chi connectivity index (χ4n) is 6.32. The van der Waals surface area contributed by atoms with Gasteiger partial charge in [0.1, 0.15) is 5.75 Å². The number of ether oxygens (including phenoxy) is 1. The van der Waals surface area contributed by atoms with E-state index in [1.807, 2.05) is 45.9 Å². The van der Waals surface area contributed by atoms with Crippen molar-refractivity contribution in [3.63, 3.8) is 0 Å². The molecule has 47 heavy (non-hydrogen) atoms. The van der Waals surface area contributed by atoms with Gasteiger partial charge in [-0.3, -0.25) is 4.79 Å². The van der Waals surface area contributed by atoms with Crippen molar-refractivity contribution < 1.29 is 26.4 Å². The number of fused-ring (bicyclic) bond motifs is 1. The van der Waals surface area contributed by atoms with Gasteiger partial charge >= 0.3 is 0 Å². The molecule has 0 spiro atoms. The lowest BCUT2D eigenvalue weighted by Gasteiger charge is -2.16. The summed E-state index contributed by atoms with van der Waals surface area (Å²) < 4.78 is 65.5. The third-order valence-corrected chi connectivity index (χ3v) is 12.4. The number of hydrogen-bond acceptors (Lipinski definition) is 6. The molecule has 1 saturated carbocycles. The van der Waals surface area contributed by atoms with Crippen molar-refractivity contribution in [1.29, 1.82) is 0 Å². The zero-order chi connectivity index (χ0) is 33.9. The molecule has 12 heteroatoms. The summed E-state index contributed by atoms with van der Waals surface area (Å²) in [6.45, 7) is 8.89. The number of hydrogen-bond donors (Lipinski definition) is 2. The number of amides is 1. The normalized spacial score (nSPS) is 14.7. The Labute approximate surface area is 282 Å². The van der Waals surface area contributed by atoms with E-state index in [1.54, 1.807) is 12.1 Å². The quantitative estimate of drug-likeness (QED) is 0.127. The van der Waals surface area contributed by atoms with Gasteiger partial charge in [-0.15, -0.1) is 0 Å². The molecule has 0 aliphatic heterocycles. The van der Waals surface area contributed by atoms with Crippen LogP contribution in [0.4, 0.5) is 0 Å². The molecule has 9 nitrogen and oxygen atoms in total. The number of halogens is 1. The molecular weight excluding hydrogens is 658 g/mol. The van der Waals surface area contributed by atoms with Gasteiger partial charge in [-0.25, -0.2) is 26.3 Å². The number of rotatable bonds is 11. The Balaban J connectivity index is 1.28. The zero-order valence-corrected chi connectivity index (χ0v) is 29.6. The molecule has 1 aliphatic rings. The molecule has 0 atom stereocenters. The van der Waals surface area contributed by atoms with Crippen LogP contribution in [0.3, 0.4) is 0 Å². The van der Waals surface area contributed by atoms with Gasteiger partial charge in [-0.2, -0.15) is 0 Å². The lowest BCUT2D eigenvalue weighted by molar-refractivity contribution is 0.0983. The second-order valence-corrected chi connectivity index (χ2v) is 16.1. The number of nitrogens with zero attached hydrogens (tertiary/aromatic N) is 1. The van der Waals surface area contributed by atoms with E-state index in [2.05, 4.69) is 14.0 Å². The van der Waals surface area contributed by atoms with Gasteiger partial charge in [0.05, 0.1) is 22.0 Å². The van der Waals surface area contributed by atoms with Gasteiger partial charge in [0.15, 0.2) is 0 Å². The molecule has 1 heterocycles. The average molecular weight is 700 g/mol. The van der Waals surface area contributed by atoms with Crippen molar-refractivity contribution in [2.24, 2.45) is 0 Å². The molecule has 1 fully saturated rings. The summed E-state index contributed by atoms with van der Waals surface area (Å²) in [5, 5.41) is 1.41. The van der Waals surface area contributed by atoms with Gasteiger partial charge in [0, 0.05) is 34.2 Å². The van der Waals surface area contributed by atoms with E-state index in [-0.39, 0.29) is 21.4 Å². The van der Waals surface area contributed by atoms with Crippen LogP contribution in [0.2, 0.25) is 5.02 Å². The minimum absolute atomic E-state index is 0.0203. The minimum Gasteiger partial charge on any atom is -0.494 e. The highest BCUT2D eigenvalue weighted by molar-refractivity contribution is 7.90. The van der Waals surface area contributed by atoms with Gasteiger partial charge < -0.3 is 9.30 Å². The van der Waals surface area contributed by atoms with Crippen LogP contribution in [0.15, 0.2) is 64.4 Å². The molecule has 0 unspecified atom stereocenters. The number of carbonyl (C=O) groups is 1. The van der Waals surface area contributed by atoms with Gasteiger partial charge in [-0.05, 0) is 112 Å². The summed E-state index contributed by atoms with van der Waals surface area (Å²) in [6, 6.07) is 13.9. The van der Waals surface area contributed by atoms with Crippen LogP contribution in [0.5, 0.6) is 5.75 Å². The first kappa shape index (κ1) is 34.9. The van der Waals surface area contributed by atoms with Gasteiger partial charge in [-0.1, -0.05) is 43.4 Å². The molecule has 3 aromatic carbocycles. The minimum atomic E-state index is -4.29. The monoisotopic (exact) mass is 699 g/mol. The Morgan fingerprint density at radius 3 is 2.09 bits per heavy atom. The van der Waals surface area contributed by atoms with Crippen LogP contribution < -0.4 is 14.2 Å². The number of aryl methyl sites for hydroxylation is 4. The van der Waals surface area contributed by atoms with E-state index >= 15 is 0 Å². The number of carbonyl (C=O) groups excluding carboxylic acids is 1. The average Bonchev–Trinajstić information content (AvgIpc) is 3.17. The van der Waals surface area contributed by atoms with E-state index < -0.39 is 26.0 Å². The molecular formula is C35H42ClN3O6S2. The summed E-state index contributed by atoms with van der Waals surface area (Å²) in [6.07, 6.45) is 6.41. The van der Waals surface area contributed by atoms with Crippen LogP contribution in [0.25, 0.3) is 10.9 Å². The fraction of sp³-hybridized carbons (Fsp3) is 0.400. The van der Waals surface area contributed by atoms with Crippen molar-refractivity contribution >= 4 is 48.5 Å². The second-order valence-electron chi connectivity index (χ2n) is 12.4. The molecule has 5 rings (SSSR count). The van der Waals surface area contributed by atoms with Gasteiger partial charge in [0.2, 0.25) is 10.0 Å². The highest BCUT2D eigenvalue weighted by Crippen LogP contribution is 2.30. The van der Waals surface area contributed by atoms with Crippen molar-refractivity contribution in [2.75, 3.05) is 6.61 Å². The Bertz CT molecular complexity index is 1970. The molecule has 1 amide bonds. The molecule has 0 bridgehead atoms. The first-order valence-corrected chi connectivity index (χ1v) is 19.3. The maximum absolute atomic E-state index is 13.5. The lowest BCUT2D eigenvalue weighted by Crippen LogP contribution is -2.34. The first-order valence-electron chi connectivity index (χ1n) is 16.0. The Morgan fingerprint density at radius 2 is 1.47 bits per heavy atom. The van der Waals surface area contributed by atoms with Crippen LogP contribution in [-0.4, -0.2) is 40.0 Å². The first-order chi connectivity index (χ1) is 22.3. The Kier molecular flexibility index (Phi) is 10.7. The molecule has 1 aromatic heterocycles. The number of benzene rings is 3. The van der Waals surface area contributed by atoms with Crippen molar-refractivity contribution in [2.45, 2.75) is 95.0 Å².